The summed E-state index contributed by atoms with van der Waals surface area (Å²) in [5, 5.41) is 0. The second-order valence-corrected chi connectivity index (χ2v) is 10.8. The third kappa shape index (κ3) is 13.3. The van der Waals surface area contributed by atoms with Crippen molar-refractivity contribution < 1.29 is 0 Å². The van der Waals surface area contributed by atoms with Crippen LogP contribution in [0.5, 0.6) is 0 Å². The Bertz CT molecular complexity index is 370. The summed E-state index contributed by atoms with van der Waals surface area (Å²) in [6.07, 6.45) is 29.8. The third-order valence-electron chi connectivity index (χ3n) is 8.26. The van der Waals surface area contributed by atoms with Gasteiger partial charge in [-0.2, -0.15) is 0 Å². The highest BCUT2D eigenvalue weighted by Gasteiger charge is 2.37. The average molecular weight is 437 g/mol. The topological polar surface area (TPSA) is 52.0 Å². The van der Waals surface area contributed by atoms with Gasteiger partial charge in [-0.3, -0.25) is 0 Å². The molecule has 1 aliphatic rings. The lowest BCUT2D eigenvalue weighted by molar-refractivity contribution is 0.0594. The first-order valence-corrected chi connectivity index (χ1v) is 14.7. The summed E-state index contributed by atoms with van der Waals surface area (Å²) in [4.78, 5) is 0. The highest BCUT2D eigenvalue weighted by atomic mass is 14.5. The highest BCUT2D eigenvalue weighted by Crippen LogP contribution is 2.47. The van der Waals surface area contributed by atoms with E-state index in [9.17, 15) is 0 Å². The molecule has 4 N–H and O–H groups in total. The van der Waals surface area contributed by atoms with Gasteiger partial charge in [-0.25, -0.2) is 0 Å². The third-order valence-corrected chi connectivity index (χ3v) is 8.26. The van der Waals surface area contributed by atoms with Crippen LogP contribution in [0.25, 0.3) is 0 Å². The van der Waals surface area contributed by atoms with E-state index in [2.05, 4.69) is 13.8 Å². The Morgan fingerprint density at radius 1 is 0.452 bits per heavy atom. The maximum atomic E-state index is 5.97. The van der Waals surface area contributed by atoms with Crippen LogP contribution in [0.1, 0.15) is 149 Å². The van der Waals surface area contributed by atoms with Crippen molar-refractivity contribution >= 4 is 0 Å². The molecule has 0 bridgehead atoms. The number of hydrogen-bond donors (Lipinski definition) is 2. The Morgan fingerprint density at radius 2 is 0.871 bits per heavy atom. The monoisotopic (exact) mass is 436 g/mol. The maximum absolute atomic E-state index is 5.97. The van der Waals surface area contributed by atoms with Gasteiger partial charge in [-0.05, 0) is 75.3 Å². The summed E-state index contributed by atoms with van der Waals surface area (Å²) >= 11 is 0. The molecule has 2 nitrogen and oxygen atoms in total. The molecule has 0 aliphatic heterocycles. The molecular formula is C29H60N2. The lowest BCUT2D eigenvalue weighted by Gasteiger charge is -2.44. The highest BCUT2D eigenvalue weighted by molar-refractivity contribution is 4.87. The van der Waals surface area contributed by atoms with E-state index in [1.807, 2.05) is 0 Å². The van der Waals surface area contributed by atoms with Crippen molar-refractivity contribution in [3.8, 4) is 0 Å². The number of nitrogens with two attached hydrogens (primary N) is 2. The van der Waals surface area contributed by atoms with E-state index in [4.69, 9.17) is 11.5 Å². The van der Waals surface area contributed by atoms with E-state index in [0.717, 1.165) is 36.8 Å². The molecule has 0 spiro atoms. The van der Waals surface area contributed by atoms with Gasteiger partial charge in [0.25, 0.3) is 0 Å². The predicted octanol–water partition coefficient (Wildman–Crippen LogP) is 8.61. The van der Waals surface area contributed by atoms with Gasteiger partial charge in [0, 0.05) is 0 Å². The Morgan fingerprint density at radius 3 is 1.39 bits per heavy atom. The van der Waals surface area contributed by atoms with Crippen molar-refractivity contribution in [2.45, 2.75) is 149 Å². The van der Waals surface area contributed by atoms with Gasteiger partial charge in [0.2, 0.25) is 0 Å². The first kappa shape index (κ1) is 29.0. The molecule has 1 fully saturated rings. The van der Waals surface area contributed by atoms with Crippen LogP contribution in [0, 0.1) is 23.7 Å². The van der Waals surface area contributed by atoms with E-state index in [1.54, 1.807) is 0 Å². The summed E-state index contributed by atoms with van der Waals surface area (Å²) in [6.45, 7) is 6.47. The molecule has 0 amide bonds. The Balaban J connectivity index is 2.43. The molecule has 1 saturated carbocycles. The normalized spacial score (nSPS) is 24.0. The molecule has 31 heavy (non-hydrogen) atoms. The number of hydrogen-bond acceptors (Lipinski definition) is 2. The van der Waals surface area contributed by atoms with Crippen LogP contribution in [-0.4, -0.2) is 13.1 Å². The van der Waals surface area contributed by atoms with Crippen LogP contribution in [0.3, 0.4) is 0 Å². The van der Waals surface area contributed by atoms with Crippen molar-refractivity contribution in [3.63, 3.8) is 0 Å². The molecule has 0 radical (unpaired) electrons. The largest absolute Gasteiger partial charge is 0.330 e. The molecule has 186 valence electrons. The smallest absolute Gasteiger partial charge is 0.00772 e. The standard InChI is InChI=1S/C29H60N2/c1-3-5-14-20-28-26(18-6-4-2)22-23-27(29(28)21-17-25-31)19-15-12-10-8-7-9-11-13-16-24-30/h26-29H,3-25,30-31H2,1-2H3. The zero-order chi connectivity index (χ0) is 22.6. The minimum absolute atomic E-state index is 0.867. The molecule has 0 aromatic heterocycles. The van der Waals surface area contributed by atoms with Crippen molar-refractivity contribution in [3.05, 3.63) is 0 Å². The summed E-state index contributed by atoms with van der Waals surface area (Å²) < 4.78 is 0. The summed E-state index contributed by atoms with van der Waals surface area (Å²) in [6, 6.07) is 0. The van der Waals surface area contributed by atoms with Crippen molar-refractivity contribution in [2.75, 3.05) is 13.1 Å². The van der Waals surface area contributed by atoms with E-state index < -0.39 is 0 Å². The van der Waals surface area contributed by atoms with Gasteiger partial charge in [0.15, 0.2) is 0 Å². The Hall–Kier alpha value is -0.0800. The quantitative estimate of drug-likeness (QED) is 0.177. The minimum Gasteiger partial charge on any atom is -0.330 e. The molecule has 0 aromatic rings. The first-order valence-electron chi connectivity index (χ1n) is 14.7. The van der Waals surface area contributed by atoms with Crippen molar-refractivity contribution in [1.82, 2.24) is 0 Å². The summed E-state index contributed by atoms with van der Waals surface area (Å²) in [7, 11) is 0. The van der Waals surface area contributed by atoms with Gasteiger partial charge >= 0.3 is 0 Å². The van der Waals surface area contributed by atoms with Gasteiger partial charge in [0.05, 0.1) is 0 Å². The van der Waals surface area contributed by atoms with Crippen LogP contribution in [0.4, 0.5) is 0 Å². The zero-order valence-electron chi connectivity index (χ0n) is 21.7. The molecule has 1 aliphatic carbocycles. The number of unbranched alkanes of at least 4 members (excludes halogenated alkanes) is 11. The predicted molar refractivity (Wildman–Crippen MR) is 140 cm³/mol. The van der Waals surface area contributed by atoms with E-state index in [1.165, 1.54) is 135 Å². The Labute approximate surface area is 197 Å². The molecule has 4 atom stereocenters. The fourth-order valence-electron chi connectivity index (χ4n) is 6.41. The molecule has 0 aromatic carbocycles. The second-order valence-electron chi connectivity index (χ2n) is 10.8. The van der Waals surface area contributed by atoms with Crippen LogP contribution in [0.2, 0.25) is 0 Å². The molecule has 0 saturated heterocycles. The molecule has 0 heterocycles. The fourth-order valence-corrected chi connectivity index (χ4v) is 6.41. The molecule has 1 rings (SSSR count). The lowest BCUT2D eigenvalue weighted by atomic mass is 9.61. The average Bonchev–Trinajstić information content (AvgIpc) is 2.78. The maximum Gasteiger partial charge on any atom is -0.00772 e. The van der Waals surface area contributed by atoms with E-state index >= 15 is 0 Å². The Kier molecular flexibility index (Phi) is 19.2. The van der Waals surface area contributed by atoms with E-state index in [0.29, 0.717) is 0 Å². The molecular weight excluding hydrogens is 376 g/mol. The van der Waals surface area contributed by atoms with Crippen molar-refractivity contribution in [2.24, 2.45) is 35.1 Å². The SMILES string of the molecule is CCCCCC1C(CCCC)CCC(CCCCCCCCCCCN)C1CCCN. The van der Waals surface area contributed by atoms with Crippen LogP contribution >= 0.6 is 0 Å². The van der Waals surface area contributed by atoms with E-state index in [-0.39, 0.29) is 0 Å². The second kappa shape index (κ2) is 20.5. The number of rotatable bonds is 21. The zero-order valence-corrected chi connectivity index (χ0v) is 21.7. The minimum atomic E-state index is 0.867. The summed E-state index contributed by atoms with van der Waals surface area (Å²) in [5.74, 6) is 3.97. The van der Waals surface area contributed by atoms with Gasteiger partial charge in [-0.1, -0.05) is 110 Å². The first-order chi connectivity index (χ1) is 15.3. The van der Waals surface area contributed by atoms with Gasteiger partial charge in [-0.15, -0.1) is 0 Å². The fraction of sp³-hybridized carbons (Fsp3) is 1.00. The summed E-state index contributed by atoms with van der Waals surface area (Å²) in [5.41, 5.74) is 11.6. The van der Waals surface area contributed by atoms with Gasteiger partial charge < -0.3 is 11.5 Å². The van der Waals surface area contributed by atoms with Gasteiger partial charge in [0.1, 0.15) is 0 Å². The lowest BCUT2D eigenvalue weighted by Crippen LogP contribution is -2.35. The van der Waals surface area contributed by atoms with Crippen LogP contribution < -0.4 is 11.5 Å². The van der Waals surface area contributed by atoms with Crippen LogP contribution in [0.15, 0.2) is 0 Å². The molecule has 2 heteroatoms. The molecule has 4 unspecified atom stereocenters. The van der Waals surface area contributed by atoms with Crippen LogP contribution in [-0.2, 0) is 0 Å². The van der Waals surface area contributed by atoms with Crippen molar-refractivity contribution in [1.29, 1.82) is 0 Å².